The Morgan fingerprint density at radius 1 is 1.47 bits per heavy atom. The molecule has 1 aliphatic rings. The van der Waals surface area contributed by atoms with Crippen LogP contribution in [0.25, 0.3) is 0 Å². The van der Waals surface area contributed by atoms with E-state index in [9.17, 15) is 0 Å². The number of nitrogens with one attached hydrogen (secondary N) is 1. The van der Waals surface area contributed by atoms with Crippen molar-refractivity contribution in [3.63, 3.8) is 0 Å². The van der Waals surface area contributed by atoms with Gasteiger partial charge in [-0.2, -0.15) is 0 Å². The Morgan fingerprint density at radius 2 is 2.20 bits per heavy atom. The second-order valence-corrected chi connectivity index (χ2v) is 4.67. The molecular formula is C11H23N3O. The minimum atomic E-state index is 0.324. The molecular weight excluding hydrogens is 190 g/mol. The van der Waals surface area contributed by atoms with Crippen LogP contribution >= 0.6 is 0 Å². The van der Waals surface area contributed by atoms with E-state index < -0.39 is 0 Å². The Labute approximate surface area is 91.9 Å². The maximum absolute atomic E-state index is 8.36. The molecule has 3 atom stereocenters. The predicted octanol–water partition coefficient (Wildman–Crippen LogP) is 1.54. The lowest BCUT2D eigenvalue weighted by atomic mass is 9.98. The lowest BCUT2D eigenvalue weighted by molar-refractivity contribution is 0.316. The fraction of sp³-hybridized carbons (Fsp3) is 0.909. The van der Waals surface area contributed by atoms with Crippen molar-refractivity contribution in [1.29, 1.82) is 0 Å². The summed E-state index contributed by atoms with van der Waals surface area (Å²) in [7, 11) is 0. The van der Waals surface area contributed by atoms with Gasteiger partial charge in [0, 0.05) is 12.5 Å². The van der Waals surface area contributed by atoms with E-state index in [1.165, 1.54) is 12.8 Å². The number of oxime groups is 1. The summed E-state index contributed by atoms with van der Waals surface area (Å²) < 4.78 is 0. The number of nitrogens with two attached hydrogens (primary N) is 1. The predicted molar refractivity (Wildman–Crippen MR) is 62.0 cm³/mol. The van der Waals surface area contributed by atoms with Gasteiger partial charge < -0.3 is 16.3 Å². The smallest absolute Gasteiger partial charge is 0.139 e. The molecule has 0 heterocycles. The van der Waals surface area contributed by atoms with Crippen LogP contribution in [0, 0.1) is 11.8 Å². The molecule has 0 bridgehead atoms. The summed E-state index contributed by atoms with van der Waals surface area (Å²) in [6.07, 6.45) is 4.22. The normalized spacial score (nSPS) is 32.1. The second-order valence-electron chi connectivity index (χ2n) is 4.67. The molecule has 1 rings (SSSR count). The monoisotopic (exact) mass is 213 g/mol. The van der Waals surface area contributed by atoms with Crippen LogP contribution in [-0.2, 0) is 0 Å². The summed E-state index contributed by atoms with van der Waals surface area (Å²) >= 11 is 0. The Hall–Kier alpha value is -0.770. The van der Waals surface area contributed by atoms with Crippen molar-refractivity contribution in [2.24, 2.45) is 22.7 Å². The highest BCUT2D eigenvalue weighted by molar-refractivity contribution is 5.79. The van der Waals surface area contributed by atoms with Crippen molar-refractivity contribution in [1.82, 2.24) is 5.32 Å². The Morgan fingerprint density at radius 3 is 2.73 bits per heavy atom. The van der Waals surface area contributed by atoms with Gasteiger partial charge >= 0.3 is 0 Å². The molecule has 88 valence electrons. The summed E-state index contributed by atoms with van der Waals surface area (Å²) in [6.45, 7) is 5.60. The molecule has 1 saturated carbocycles. The third-order valence-electron chi connectivity index (χ3n) is 3.61. The first-order chi connectivity index (χ1) is 7.15. The van der Waals surface area contributed by atoms with Gasteiger partial charge in [-0.25, -0.2) is 0 Å². The average molecular weight is 213 g/mol. The van der Waals surface area contributed by atoms with E-state index in [0.29, 0.717) is 18.3 Å². The van der Waals surface area contributed by atoms with Crippen molar-refractivity contribution in [2.45, 2.75) is 45.6 Å². The van der Waals surface area contributed by atoms with Crippen LogP contribution in [-0.4, -0.2) is 23.6 Å². The Kier molecular flexibility index (Phi) is 4.88. The molecule has 15 heavy (non-hydrogen) atoms. The highest BCUT2D eigenvalue weighted by atomic mass is 16.4. The minimum absolute atomic E-state index is 0.324. The van der Waals surface area contributed by atoms with Gasteiger partial charge in [0.05, 0.1) is 0 Å². The molecule has 0 aromatic carbocycles. The van der Waals surface area contributed by atoms with Crippen LogP contribution in [0.4, 0.5) is 0 Å². The van der Waals surface area contributed by atoms with E-state index in [1.807, 2.05) is 0 Å². The van der Waals surface area contributed by atoms with Crippen molar-refractivity contribution >= 4 is 5.84 Å². The van der Waals surface area contributed by atoms with Gasteiger partial charge in [0.15, 0.2) is 0 Å². The van der Waals surface area contributed by atoms with Crippen LogP contribution in [0.3, 0.4) is 0 Å². The molecule has 0 aliphatic heterocycles. The summed E-state index contributed by atoms with van der Waals surface area (Å²) in [4.78, 5) is 0. The van der Waals surface area contributed by atoms with Gasteiger partial charge in [0.25, 0.3) is 0 Å². The SMILES string of the molecule is CC1CCC(NCCCC(N)=NO)C1C. The van der Waals surface area contributed by atoms with Gasteiger partial charge in [0.2, 0.25) is 0 Å². The molecule has 4 N–H and O–H groups in total. The van der Waals surface area contributed by atoms with Crippen molar-refractivity contribution in [2.75, 3.05) is 6.54 Å². The van der Waals surface area contributed by atoms with Gasteiger partial charge in [-0.1, -0.05) is 19.0 Å². The van der Waals surface area contributed by atoms with E-state index >= 15 is 0 Å². The number of hydrogen-bond acceptors (Lipinski definition) is 3. The molecule has 0 spiro atoms. The standard InChI is InChI=1S/C11H23N3O/c1-8-5-6-10(9(8)2)13-7-3-4-11(12)14-15/h8-10,13,15H,3-7H2,1-2H3,(H2,12,14). The maximum atomic E-state index is 8.36. The summed E-state index contributed by atoms with van der Waals surface area (Å²) in [5.74, 6) is 1.94. The van der Waals surface area contributed by atoms with Gasteiger partial charge in [0.1, 0.15) is 5.84 Å². The molecule has 4 nitrogen and oxygen atoms in total. The quantitative estimate of drug-likeness (QED) is 0.213. The van der Waals surface area contributed by atoms with Crippen LogP contribution in [0.2, 0.25) is 0 Å². The van der Waals surface area contributed by atoms with Crippen LogP contribution in [0.5, 0.6) is 0 Å². The van der Waals surface area contributed by atoms with Crippen molar-refractivity contribution in [3.8, 4) is 0 Å². The number of hydrogen-bond donors (Lipinski definition) is 3. The maximum Gasteiger partial charge on any atom is 0.139 e. The van der Waals surface area contributed by atoms with E-state index in [1.54, 1.807) is 0 Å². The Bertz CT molecular complexity index is 218. The second kappa shape index (κ2) is 5.95. The first kappa shape index (κ1) is 12.3. The van der Waals surface area contributed by atoms with Gasteiger partial charge in [-0.05, 0) is 37.6 Å². The molecule has 0 radical (unpaired) electrons. The van der Waals surface area contributed by atoms with Crippen LogP contribution < -0.4 is 11.1 Å². The van der Waals surface area contributed by atoms with Gasteiger partial charge in [-0.15, -0.1) is 0 Å². The van der Waals surface area contributed by atoms with E-state index in [4.69, 9.17) is 10.9 Å². The number of amidine groups is 1. The first-order valence-corrected chi connectivity index (χ1v) is 5.85. The fourth-order valence-corrected chi connectivity index (χ4v) is 2.26. The molecule has 0 amide bonds. The molecule has 0 aromatic heterocycles. The van der Waals surface area contributed by atoms with Crippen molar-refractivity contribution < 1.29 is 5.21 Å². The summed E-state index contributed by atoms with van der Waals surface area (Å²) in [6, 6.07) is 0.660. The lowest BCUT2D eigenvalue weighted by Gasteiger charge is -2.19. The summed E-state index contributed by atoms with van der Waals surface area (Å²) in [5, 5.41) is 14.9. The van der Waals surface area contributed by atoms with E-state index in [2.05, 4.69) is 24.3 Å². The summed E-state index contributed by atoms with van der Waals surface area (Å²) in [5.41, 5.74) is 5.39. The third-order valence-corrected chi connectivity index (χ3v) is 3.61. The van der Waals surface area contributed by atoms with Crippen LogP contribution in [0.15, 0.2) is 5.16 Å². The lowest BCUT2D eigenvalue weighted by Crippen LogP contribution is -2.33. The fourth-order valence-electron chi connectivity index (χ4n) is 2.26. The Balaban J connectivity index is 2.10. The number of nitrogens with zero attached hydrogens (tertiary/aromatic N) is 1. The minimum Gasteiger partial charge on any atom is -0.409 e. The van der Waals surface area contributed by atoms with Gasteiger partial charge in [-0.3, -0.25) is 0 Å². The molecule has 4 heteroatoms. The largest absolute Gasteiger partial charge is 0.409 e. The first-order valence-electron chi connectivity index (χ1n) is 5.85. The zero-order valence-corrected chi connectivity index (χ0v) is 9.74. The molecule has 0 saturated heterocycles. The molecule has 0 aromatic rings. The van der Waals surface area contributed by atoms with Crippen molar-refractivity contribution in [3.05, 3.63) is 0 Å². The number of rotatable bonds is 5. The molecule has 1 fully saturated rings. The zero-order valence-electron chi connectivity index (χ0n) is 9.74. The topological polar surface area (TPSA) is 70.6 Å². The average Bonchev–Trinajstić information content (AvgIpc) is 2.55. The molecule has 3 unspecified atom stereocenters. The highest BCUT2D eigenvalue weighted by Crippen LogP contribution is 2.30. The zero-order chi connectivity index (χ0) is 11.3. The van der Waals surface area contributed by atoms with Crippen LogP contribution in [0.1, 0.15) is 39.5 Å². The van der Waals surface area contributed by atoms with E-state index in [0.717, 1.165) is 24.8 Å². The van der Waals surface area contributed by atoms with E-state index in [-0.39, 0.29) is 0 Å². The third kappa shape index (κ3) is 3.70. The molecule has 1 aliphatic carbocycles. The highest BCUT2D eigenvalue weighted by Gasteiger charge is 2.28.